The molecule has 0 aromatic carbocycles. The number of Topliss-reactive ketones (excluding diaryl/α,β-unsaturated/α-hetero) is 2. The molecular formula is C86H145NNaO21-. The first-order valence-electron chi connectivity index (χ1n) is 42.1. The van der Waals surface area contributed by atoms with Crippen molar-refractivity contribution in [3.8, 4) is 0 Å². The van der Waals surface area contributed by atoms with Gasteiger partial charge < -0.3 is 93.2 Å². The Kier molecular flexibility index (Phi) is 32.5. The molecule has 10 aliphatic heterocycles. The molecule has 8 saturated heterocycles. The molecule has 7 N–H and O–H groups in total. The fourth-order valence-electron chi connectivity index (χ4n) is 21.1. The van der Waals surface area contributed by atoms with Gasteiger partial charge in [0.05, 0.1) is 95.5 Å². The van der Waals surface area contributed by atoms with Crippen molar-refractivity contribution in [3.05, 3.63) is 24.3 Å². The van der Waals surface area contributed by atoms with Crippen LogP contribution in [0.2, 0.25) is 0 Å². The topological polar surface area (TPSA) is 315 Å². The number of aliphatic hydroxyl groups is 6. The van der Waals surface area contributed by atoms with Crippen molar-refractivity contribution in [2.24, 2.45) is 82.9 Å². The van der Waals surface area contributed by atoms with E-state index in [-0.39, 0.29) is 161 Å². The zero-order chi connectivity index (χ0) is 79.2. The van der Waals surface area contributed by atoms with Crippen LogP contribution in [0, 0.1) is 82.9 Å². The van der Waals surface area contributed by atoms with E-state index in [0.29, 0.717) is 89.9 Å². The van der Waals surface area contributed by atoms with Gasteiger partial charge in [0.1, 0.15) is 23.8 Å². The van der Waals surface area contributed by atoms with E-state index in [2.05, 4.69) is 47.8 Å². The molecule has 8 fully saturated rings. The maximum atomic E-state index is 14.5. The molecule has 0 unspecified atom stereocenters. The van der Waals surface area contributed by atoms with Crippen LogP contribution >= 0.6 is 0 Å². The largest absolute Gasteiger partial charge is 1.00 e. The van der Waals surface area contributed by atoms with Gasteiger partial charge in [-0.25, -0.2) is 0 Å². The number of rotatable bonds is 24. The van der Waals surface area contributed by atoms with Gasteiger partial charge in [0.25, 0.3) is 0 Å². The molecule has 0 bridgehead atoms. The van der Waals surface area contributed by atoms with Crippen LogP contribution in [0.3, 0.4) is 0 Å². The molecule has 22 nitrogen and oxygen atoms in total. The van der Waals surface area contributed by atoms with Gasteiger partial charge in [-0.2, -0.15) is 0 Å². The van der Waals surface area contributed by atoms with E-state index in [1.165, 1.54) is 0 Å². The Labute approximate surface area is 676 Å². The number of carbonyl (C=O) groups excluding carboxylic acids is 4. The van der Waals surface area contributed by atoms with Gasteiger partial charge in [0.15, 0.2) is 11.6 Å². The monoisotopic (exact) mass is 1550 g/mol. The molecule has 0 aromatic rings. The minimum absolute atomic E-state index is 0. The number of hydrogen-bond acceptors (Lipinski definition) is 21. The Morgan fingerprint density at radius 2 is 0.881 bits per heavy atom. The Morgan fingerprint density at radius 1 is 0.505 bits per heavy atom. The van der Waals surface area contributed by atoms with Crippen molar-refractivity contribution in [3.63, 3.8) is 0 Å². The molecule has 0 aromatic heterocycles. The first-order valence-corrected chi connectivity index (χ1v) is 42.1. The SMILES string of the molecule is CC[C@@H](C(=O)[C@@H](C)[C@@H](O)[C@H](C)[C@@H]1O[C@@H]([C@@H](CC)C(=O)N(C)C)CC[C@@H]1C)[C@H]1O[C@]2(C=C[C@@H](O)[C@]3(CC[C@@](C)([C@H]4CC[C@](O)(CC)[C@H](C)O4)O3)O2)[C@H](C)C[C@@H]1C.CC[C@@H]([C-]=O)[C@H]1CC[C@H](C)[C@H]([C@@H](C)[C@H](O)[C@H](C)C(=O)[C@H](CC)[C@H]2O[C@]3(C=C[C@@H](O)[C@]4(CC[C@@](C)([C@H]5CC[C@](O)(CC)[C@H](C)O5)O4)O3)[C@H](C)C[C@@H]2C)O1.[Na+].[OH-]. The molecule has 109 heavy (non-hydrogen) atoms. The molecule has 0 radical (unpaired) electrons. The summed E-state index contributed by atoms with van der Waals surface area (Å²) < 4.78 is 67.4. The quantitative estimate of drug-likeness (QED) is 0.0298. The maximum absolute atomic E-state index is 14.5. The molecule has 10 aliphatic rings. The van der Waals surface area contributed by atoms with Crippen LogP contribution in [0.15, 0.2) is 24.3 Å². The van der Waals surface area contributed by atoms with Gasteiger partial charge >= 0.3 is 29.6 Å². The second-order valence-electron chi connectivity index (χ2n) is 36.5. The second kappa shape index (κ2) is 37.5. The standard InChI is InChI=1S/C44H75NO10.C42H69O10.Na.H2O/c1-13-31(40(49)45(11)12)33-17-16-25(4)38(52-33)29(8)36(47)28(7)37(48)32(14-2)39-26(5)24-27(6)43(53-39)21-18-34(46)44(55-43)23-22-41(10,54-44)35-19-20-42(50,15-3)30(9)51-35;1-11-30(23-43)32-15-14-24(4)37(49-32)28(8)35(45)27(7)36(46)31(12-2)38-25(5)22-26(6)41(50-38)19-16-33(44)42(52-41)21-20-39(10,51-42)34-17-18-40(47,13-3)29(9)48-34;;/h18,21,25-36,38-39,46-47,50H,13-17,19-20,22-24H2,1-12H3;16,19,24-35,37-38,44-45,47H,11-15,17-18,20-22H2,1-10H3;;1H2/q;-1;+1;/p-1/t25-,26-,27+,28-,29-,30-,31+,32-,33+,34+,35+,36+,38+,39-,41-,42+,43-,44-;24-,25-,26+,27-,28-,29-,30-,31-,32+,33+,34+,35+,37+,38-,39-,40+,41-,42-;;/m00../s1. The molecule has 622 valence electrons. The third kappa shape index (κ3) is 18.7. The predicted molar refractivity (Wildman–Crippen MR) is 408 cm³/mol. The fourth-order valence-corrected chi connectivity index (χ4v) is 21.1. The van der Waals surface area contributed by atoms with Gasteiger partial charge in [-0.05, 0) is 185 Å². The van der Waals surface area contributed by atoms with Gasteiger partial charge in [-0.15, -0.1) is 5.92 Å². The fraction of sp³-hybridized carbons (Fsp3) is 0.907. The summed E-state index contributed by atoms with van der Waals surface area (Å²) in [5.41, 5.74) is -3.23. The average molecular weight is 1550 g/mol. The van der Waals surface area contributed by atoms with E-state index >= 15 is 0 Å². The summed E-state index contributed by atoms with van der Waals surface area (Å²) in [6, 6.07) is 0. The van der Waals surface area contributed by atoms with E-state index in [1.54, 1.807) is 31.1 Å². The minimum atomic E-state index is -1.36. The number of hydrogen-bond donors (Lipinski definition) is 6. The van der Waals surface area contributed by atoms with Crippen LogP contribution in [0.5, 0.6) is 0 Å². The molecule has 36 atom stereocenters. The Hall–Kier alpha value is -1.72. The Balaban J connectivity index is 0.000000298. The van der Waals surface area contributed by atoms with E-state index in [9.17, 15) is 49.8 Å². The molecule has 10 heterocycles. The van der Waals surface area contributed by atoms with Crippen molar-refractivity contribution in [2.75, 3.05) is 14.1 Å². The molecule has 4 spiro atoms. The summed E-state index contributed by atoms with van der Waals surface area (Å²) in [7, 11) is 3.55. The van der Waals surface area contributed by atoms with Crippen molar-refractivity contribution in [2.45, 2.75) is 398 Å². The van der Waals surface area contributed by atoms with E-state index in [1.807, 2.05) is 109 Å². The van der Waals surface area contributed by atoms with E-state index in [4.69, 9.17) is 47.4 Å². The molecule has 1 amide bonds. The Bertz CT molecular complexity index is 3050. The third-order valence-electron chi connectivity index (χ3n) is 29.2. The van der Waals surface area contributed by atoms with Crippen LogP contribution in [0.25, 0.3) is 0 Å². The molecular weight excluding hydrogens is 1410 g/mol. The first kappa shape index (κ1) is 94.4. The average Bonchev–Trinajstić information content (AvgIpc) is 1.68. The number of aliphatic hydroxyl groups excluding tert-OH is 4. The number of ether oxygens (including phenoxy) is 10. The number of amides is 1. The number of carbonyl (C=O) groups is 3. The van der Waals surface area contributed by atoms with E-state index in [0.717, 1.165) is 38.5 Å². The molecule has 10 rings (SSSR count). The van der Waals surface area contributed by atoms with Gasteiger partial charge in [0, 0.05) is 80.4 Å². The summed E-state index contributed by atoms with van der Waals surface area (Å²) in [6.07, 6.45) is 15.0. The van der Waals surface area contributed by atoms with Crippen LogP contribution in [0.1, 0.15) is 267 Å². The summed E-state index contributed by atoms with van der Waals surface area (Å²) >= 11 is 0. The van der Waals surface area contributed by atoms with Crippen molar-refractivity contribution in [1.82, 2.24) is 4.90 Å². The van der Waals surface area contributed by atoms with Crippen LogP contribution in [-0.4, -0.2) is 210 Å². The van der Waals surface area contributed by atoms with Gasteiger partial charge in [0.2, 0.25) is 17.5 Å². The summed E-state index contributed by atoms with van der Waals surface area (Å²) in [4.78, 5) is 55.2. The zero-order valence-electron chi connectivity index (χ0n) is 70.9. The minimum Gasteiger partial charge on any atom is -0.870 e. The summed E-state index contributed by atoms with van der Waals surface area (Å²) in [5.74, 6) is -8.51. The predicted octanol–water partition coefficient (Wildman–Crippen LogP) is 9.23. The van der Waals surface area contributed by atoms with Gasteiger partial charge in [-0.3, -0.25) is 20.7 Å². The molecule has 23 heteroatoms. The zero-order valence-corrected chi connectivity index (χ0v) is 72.9. The van der Waals surface area contributed by atoms with Crippen molar-refractivity contribution < 1.29 is 132 Å². The number of ketones is 2. The Morgan fingerprint density at radius 3 is 1.22 bits per heavy atom. The summed E-state index contributed by atoms with van der Waals surface area (Å²) in [5, 5.41) is 68.5. The first-order chi connectivity index (χ1) is 50.1. The van der Waals surface area contributed by atoms with Crippen LogP contribution in [-0.2, 0) is 66.5 Å². The smallest absolute Gasteiger partial charge is 0.870 e. The second-order valence-corrected chi connectivity index (χ2v) is 36.5. The van der Waals surface area contributed by atoms with Crippen LogP contribution < -0.4 is 29.6 Å². The normalized spacial score (nSPS) is 45.0. The van der Waals surface area contributed by atoms with Gasteiger partial charge in [-0.1, -0.05) is 117 Å². The van der Waals surface area contributed by atoms with Crippen molar-refractivity contribution >= 4 is 23.8 Å². The van der Waals surface area contributed by atoms with E-state index < -0.39 is 106 Å². The number of nitrogens with zero attached hydrogens (tertiary/aromatic N) is 1. The molecule has 0 aliphatic carbocycles. The molecule has 0 saturated carbocycles. The van der Waals surface area contributed by atoms with Crippen molar-refractivity contribution in [1.29, 1.82) is 0 Å². The third-order valence-corrected chi connectivity index (χ3v) is 29.2. The maximum Gasteiger partial charge on any atom is 1.00 e. The van der Waals surface area contributed by atoms with Crippen LogP contribution in [0.4, 0.5) is 0 Å². The summed E-state index contributed by atoms with van der Waals surface area (Å²) in [6.45, 7) is 39.9.